The Balaban J connectivity index is 2.15. The van der Waals surface area contributed by atoms with E-state index in [9.17, 15) is 4.79 Å². The molecule has 0 amide bonds. The molecule has 0 aliphatic rings. The topological polar surface area (TPSA) is 98.8 Å². The predicted octanol–water partition coefficient (Wildman–Crippen LogP) is 1.48. The number of aromatic nitrogens is 1. The molecular weight excluding hydrogens is 316 g/mol. The van der Waals surface area contributed by atoms with Gasteiger partial charge in [-0.15, -0.1) is 0 Å². The summed E-state index contributed by atoms with van der Waals surface area (Å²) in [5.41, 5.74) is 8.77. The Morgan fingerprint density at radius 3 is 2.87 bits per heavy atom. The molecule has 0 aliphatic carbocycles. The number of nitrogens with two attached hydrogens (primary N) is 1. The molecule has 0 saturated carbocycles. The molecule has 8 heteroatoms. The Bertz CT molecular complexity index is 735. The summed E-state index contributed by atoms with van der Waals surface area (Å²) < 4.78 is 10.5. The van der Waals surface area contributed by atoms with Crippen LogP contribution in [-0.4, -0.2) is 29.4 Å². The Morgan fingerprint density at radius 2 is 2.22 bits per heavy atom. The van der Waals surface area contributed by atoms with Crippen molar-refractivity contribution in [3.63, 3.8) is 0 Å². The van der Waals surface area contributed by atoms with Crippen LogP contribution in [0.4, 0.5) is 0 Å². The summed E-state index contributed by atoms with van der Waals surface area (Å²) in [7, 11) is 1.48. The Hall–Kier alpha value is -3.00. The highest BCUT2D eigenvalue weighted by atomic mass is 32.1. The van der Waals surface area contributed by atoms with Crippen LogP contribution >= 0.6 is 12.2 Å². The van der Waals surface area contributed by atoms with Crippen LogP contribution in [0, 0.1) is 0 Å². The van der Waals surface area contributed by atoms with E-state index in [1.165, 1.54) is 19.5 Å². The average molecular weight is 330 g/mol. The van der Waals surface area contributed by atoms with Gasteiger partial charge in [0.2, 0.25) is 0 Å². The third-order valence-electron chi connectivity index (χ3n) is 2.68. The van der Waals surface area contributed by atoms with Gasteiger partial charge in [-0.25, -0.2) is 4.79 Å². The number of methoxy groups -OCH3 is 1. The standard InChI is InChI=1S/C15H14N4O3S/c1-21-13-7-10(8-18-19-15(16)23)4-5-12(13)22-14(20)11-3-2-6-17-9-11/h2-9H,1H3,(H3,16,19,23). The third kappa shape index (κ3) is 4.75. The van der Waals surface area contributed by atoms with Crippen LogP contribution in [0.2, 0.25) is 0 Å². The lowest BCUT2D eigenvalue weighted by atomic mass is 10.2. The summed E-state index contributed by atoms with van der Waals surface area (Å²) in [6.45, 7) is 0. The van der Waals surface area contributed by atoms with Gasteiger partial charge in [0.05, 0.1) is 18.9 Å². The first-order chi connectivity index (χ1) is 11.1. The maximum atomic E-state index is 12.0. The zero-order valence-electron chi connectivity index (χ0n) is 12.2. The zero-order chi connectivity index (χ0) is 16.7. The van der Waals surface area contributed by atoms with Crippen LogP contribution in [-0.2, 0) is 0 Å². The lowest BCUT2D eigenvalue weighted by molar-refractivity contribution is 0.0729. The van der Waals surface area contributed by atoms with Crippen LogP contribution < -0.4 is 20.6 Å². The highest BCUT2D eigenvalue weighted by Crippen LogP contribution is 2.28. The molecule has 23 heavy (non-hydrogen) atoms. The smallest absolute Gasteiger partial charge is 0.345 e. The van der Waals surface area contributed by atoms with E-state index in [2.05, 4.69) is 27.7 Å². The normalized spacial score (nSPS) is 10.3. The number of nitrogens with one attached hydrogen (secondary N) is 1. The number of thiocarbonyl (C=S) groups is 1. The van der Waals surface area contributed by atoms with Crippen LogP contribution in [0.15, 0.2) is 47.8 Å². The SMILES string of the molecule is COc1cc(C=NNC(N)=S)ccc1OC(=O)c1cccnc1. The third-order valence-corrected chi connectivity index (χ3v) is 2.77. The number of carbonyl (C=O) groups excluding carboxylic acids is 1. The van der Waals surface area contributed by atoms with E-state index < -0.39 is 5.97 Å². The fourth-order valence-electron chi connectivity index (χ4n) is 1.66. The minimum Gasteiger partial charge on any atom is -0.493 e. The van der Waals surface area contributed by atoms with Crippen molar-refractivity contribution >= 4 is 29.5 Å². The van der Waals surface area contributed by atoms with E-state index in [0.717, 1.165) is 0 Å². The van der Waals surface area contributed by atoms with Crippen LogP contribution in [0.25, 0.3) is 0 Å². The number of carbonyl (C=O) groups is 1. The van der Waals surface area contributed by atoms with Crippen molar-refractivity contribution in [2.75, 3.05) is 7.11 Å². The van der Waals surface area contributed by atoms with E-state index in [1.807, 2.05) is 0 Å². The van der Waals surface area contributed by atoms with Gasteiger partial charge < -0.3 is 15.2 Å². The number of nitrogens with zero attached hydrogens (tertiary/aromatic N) is 2. The van der Waals surface area contributed by atoms with Crippen LogP contribution in [0.3, 0.4) is 0 Å². The van der Waals surface area contributed by atoms with Gasteiger partial charge in [0.1, 0.15) is 0 Å². The van der Waals surface area contributed by atoms with E-state index in [4.69, 9.17) is 15.2 Å². The summed E-state index contributed by atoms with van der Waals surface area (Å²) in [4.78, 5) is 15.9. The zero-order valence-corrected chi connectivity index (χ0v) is 13.0. The van der Waals surface area contributed by atoms with E-state index in [1.54, 1.807) is 36.5 Å². The second-order valence-corrected chi connectivity index (χ2v) is 4.72. The average Bonchev–Trinajstić information content (AvgIpc) is 2.56. The minimum atomic E-state index is -0.520. The van der Waals surface area contributed by atoms with Gasteiger partial charge >= 0.3 is 5.97 Å². The van der Waals surface area contributed by atoms with Gasteiger partial charge in [-0.3, -0.25) is 10.4 Å². The molecule has 0 radical (unpaired) electrons. The fraction of sp³-hybridized carbons (Fsp3) is 0.0667. The van der Waals surface area contributed by atoms with Crippen molar-refractivity contribution < 1.29 is 14.3 Å². The molecule has 0 saturated heterocycles. The fourth-order valence-corrected chi connectivity index (χ4v) is 1.71. The van der Waals surface area contributed by atoms with Gasteiger partial charge in [-0.1, -0.05) is 0 Å². The number of hydrogen-bond donors (Lipinski definition) is 2. The number of esters is 1. The summed E-state index contributed by atoms with van der Waals surface area (Å²) >= 11 is 4.64. The minimum absolute atomic E-state index is 0.0650. The van der Waals surface area contributed by atoms with Gasteiger partial charge in [0, 0.05) is 12.4 Å². The second-order valence-electron chi connectivity index (χ2n) is 4.28. The van der Waals surface area contributed by atoms with Crippen molar-refractivity contribution in [2.24, 2.45) is 10.8 Å². The monoisotopic (exact) mass is 330 g/mol. The number of benzene rings is 1. The molecule has 118 valence electrons. The quantitative estimate of drug-likeness (QED) is 0.282. The highest BCUT2D eigenvalue weighted by Gasteiger charge is 2.12. The van der Waals surface area contributed by atoms with E-state index in [0.29, 0.717) is 22.6 Å². The molecule has 1 aromatic heterocycles. The van der Waals surface area contributed by atoms with Crippen LogP contribution in [0.1, 0.15) is 15.9 Å². The summed E-state index contributed by atoms with van der Waals surface area (Å²) in [6, 6.07) is 8.25. The van der Waals surface area contributed by atoms with Crippen molar-refractivity contribution in [2.45, 2.75) is 0 Å². The Labute approximate surface area is 138 Å². The first kappa shape index (κ1) is 16.4. The molecule has 2 rings (SSSR count). The largest absolute Gasteiger partial charge is 0.493 e. The van der Waals surface area contributed by atoms with Crippen molar-refractivity contribution in [1.82, 2.24) is 10.4 Å². The lowest BCUT2D eigenvalue weighted by Gasteiger charge is -2.09. The lowest BCUT2D eigenvalue weighted by Crippen LogP contribution is -2.23. The van der Waals surface area contributed by atoms with E-state index in [-0.39, 0.29) is 5.11 Å². The molecule has 1 aromatic carbocycles. The molecule has 3 N–H and O–H groups in total. The number of pyridine rings is 1. The molecule has 0 bridgehead atoms. The van der Waals surface area contributed by atoms with Gasteiger partial charge in [-0.05, 0) is 48.1 Å². The molecule has 0 spiro atoms. The Morgan fingerprint density at radius 1 is 1.39 bits per heavy atom. The number of hydrogen-bond acceptors (Lipinski definition) is 6. The van der Waals surface area contributed by atoms with Crippen LogP contribution in [0.5, 0.6) is 11.5 Å². The summed E-state index contributed by atoms with van der Waals surface area (Å²) in [5.74, 6) is 0.162. The number of ether oxygens (including phenoxy) is 2. The second kappa shape index (κ2) is 7.85. The molecule has 2 aromatic rings. The first-order valence-corrected chi connectivity index (χ1v) is 6.89. The number of hydrazone groups is 1. The summed E-state index contributed by atoms with van der Waals surface area (Å²) in [5, 5.41) is 3.91. The number of rotatable bonds is 5. The molecule has 7 nitrogen and oxygen atoms in total. The maximum Gasteiger partial charge on any atom is 0.345 e. The molecule has 0 aliphatic heterocycles. The van der Waals surface area contributed by atoms with Gasteiger partial charge in [-0.2, -0.15) is 5.10 Å². The summed E-state index contributed by atoms with van der Waals surface area (Å²) in [6.07, 6.45) is 4.51. The Kier molecular flexibility index (Phi) is 5.59. The molecule has 1 heterocycles. The molecular formula is C15H14N4O3S. The predicted molar refractivity (Wildman–Crippen MR) is 89.7 cm³/mol. The maximum absolute atomic E-state index is 12.0. The molecule has 0 unspecified atom stereocenters. The first-order valence-electron chi connectivity index (χ1n) is 6.49. The molecule has 0 atom stereocenters. The molecule has 0 fully saturated rings. The highest BCUT2D eigenvalue weighted by molar-refractivity contribution is 7.80. The van der Waals surface area contributed by atoms with Gasteiger partial charge in [0.15, 0.2) is 16.6 Å². The van der Waals surface area contributed by atoms with Crippen molar-refractivity contribution in [3.8, 4) is 11.5 Å². The van der Waals surface area contributed by atoms with Crippen molar-refractivity contribution in [3.05, 3.63) is 53.9 Å². The van der Waals surface area contributed by atoms with Crippen molar-refractivity contribution in [1.29, 1.82) is 0 Å². The van der Waals surface area contributed by atoms with E-state index >= 15 is 0 Å². The van der Waals surface area contributed by atoms with Gasteiger partial charge in [0.25, 0.3) is 0 Å².